The van der Waals surface area contributed by atoms with Crippen molar-refractivity contribution in [3.05, 3.63) is 74.0 Å². The number of hydrogen-bond donors (Lipinski definition) is 1. The van der Waals surface area contributed by atoms with Crippen LogP contribution in [0.15, 0.2) is 52.9 Å². The standard InChI is InChI=1S/C20H15N3O5S/c1-12-19(13-5-3-2-4-6-13)15(10-29-12)20(24)22-21-9-14-7-17-18(28-11-27-17)8-16(14)23(25)26/h2-10H,11H2,1H3,(H,22,24)/b21-9+. The molecule has 0 unspecified atom stereocenters. The molecule has 0 radical (unpaired) electrons. The number of ether oxygens (including phenoxy) is 2. The molecule has 0 aliphatic carbocycles. The average Bonchev–Trinajstić information content (AvgIpc) is 3.33. The zero-order valence-corrected chi connectivity index (χ0v) is 16.1. The lowest BCUT2D eigenvalue weighted by atomic mass is 10.0. The minimum absolute atomic E-state index is 0.00356. The van der Waals surface area contributed by atoms with Crippen molar-refractivity contribution in [2.45, 2.75) is 6.92 Å². The highest BCUT2D eigenvalue weighted by Crippen LogP contribution is 2.37. The van der Waals surface area contributed by atoms with Gasteiger partial charge in [-0.25, -0.2) is 5.43 Å². The van der Waals surface area contributed by atoms with Gasteiger partial charge in [-0.1, -0.05) is 30.3 Å². The molecule has 2 heterocycles. The lowest BCUT2D eigenvalue weighted by Gasteiger charge is -2.05. The van der Waals surface area contributed by atoms with Crippen LogP contribution in [0.4, 0.5) is 5.69 Å². The van der Waals surface area contributed by atoms with Crippen molar-refractivity contribution in [1.82, 2.24) is 5.43 Å². The first-order valence-corrected chi connectivity index (χ1v) is 9.47. The second kappa shape index (κ2) is 7.72. The molecule has 1 amide bonds. The highest BCUT2D eigenvalue weighted by atomic mass is 32.1. The molecule has 9 heteroatoms. The SMILES string of the molecule is Cc1scc(C(=O)N/N=C/c2cc3c(cc2[N+](=O)[O-])OCO3)c1-c1ccccc1. The Hall–Kier alpha value is -3.72. The number of rotatable bonds is 5. The molecular formula is C20H15N3O5S. The van der Waals surface area contributed by atoms with Gasteiger partial charge in [-0.2, -0.15) is 5.10 Å². The Balaban J connectivity index is 1.57. The first-order chi connectivity index (χ1) is 14.0. The van der Waals surface area contributed by atoms with Gasteiger partial charge in [0.15, 0.2) is 11.5 Å². The van der Waals surface area contributed by atoms with E-state index < -0.39 is 10.8 Å². The van der Waals surface area contributed by atoms with Crippen LogP contribution in [0.5, 0.6) is 11.5 Å². The van der Waals surface area contributed by atoms with Crippen LogP contribution < -0.4 is 14.9 Å². The summed E-state index contributed by atoms with van der Waals surface area (Å²) in [6.45, 7) is 1.95. The molecule has 2 aromatic carbocycles. The summed E-state index contributed by atoms with van der Waals surface area (Å²) >= 11 is 1.47. The molecule has 4 rings (SSSR count). The van der Waals surface area contributed by atoms with Crippen molar-refractivity contribution in [3.63, 3.8) is 0 Å². The summed E-state index contributed by atoms with van der Waals surface area (Å²) in [5.74, 6) is 0.301. The summed E-state index contributed by atoms with van der Waals surface area (Å²) in [6.07, 6.45) is 1.22. The van der Waals surface area contributed by atoms with Gasteiger partial charge in [0.05, 0.1) is 28.3 Å². The van der Waals surface area contributed by atoms with Crippen LogP contribution in [-0.2, 0) is 0 Å². The van der Waals surface area contributed by atoms with Gasteiger partial charge in [-0.3, -0.25) is 14.9 Å². The number of fused-ring (bicyclic) bond motifs is 1. The molecule has 0 atom stereocenters. The molecule has 3 aromatic rings. The second-order valence-corrected chi connectivity index (χ2v) is 7.25. The third-order valence-corrected chi connectivity index (χ3v) is 5.28. The van der Waals surface area contributed by atoms with Crippen molar-refractivity contribution in [3.8, 4) is 22.6 Å². The van der Waals surface area contributed by atoms with Gasteiger partial charge in [0.1, 0.15) is 0 Å². The normalized spacial score (nSPS) is 12.3. The first-order valence-electron chi connectivity index (χ1n) is 8.59. The number of amides is 1. The zero-order chi connectivity index (χ0) is 20.4. The van der Waals surface area contributed by atoms with E-state index in [1.54, 1.807) is 5.38 Å². The number of carbonyl (C=O) groups excluding carboxylic acids is 1. The van der Waals surface area contributed by atoms with E-state index in [1.807, 2.05) is 37.3 Å². The number of aryl methyl sites for hydroxylation is 1. The fourth-order valence-electron chi connectivity index (χ4n) is 3.01. The van der Waals surface area contributed by atoms with Crippen molar-refractivity contribution in [2.24, 2.45) is 5.10 Å². The van der Waals surface area contributed by atoms with Crippen LogP contribution in [-0.4, -0.2) is 23.8 Å². The molecule has 0 saturated heterocycles. The third-order valence-electron chi connectivity index (χ3n) is 4.37. The number of nitro groups is 1. The Labute approximate surface area is 169 Å². The number of nitrogens with zero attached hydrogens (tertiary/aromatic N) is 2. The Bertz CT molecular complexity index is 1120. The molecule has 8 nitrogen and oxygen atoms in total. The van der Waals surface area contributed by atoms with Crippen LogP contribution in [0.25, 0.3) is 11.1 Å². The number of hydrazone groups is 1. The van der Waals surface area contributed by atoms with Gasteiger partial charge >= 0.3 is 0 Å². The van der Waals surface area contributed by atoms with Crippen LogP contribution >= 0.6 is 11.3 Å². The maximum Gasteiger partial charge on any atom is 0.282 e. The van der Waals surface area contributed by atoms with E-state index in [9.17, 15) is 14.9 Å². The molecule has 0 bridgehead atoms. The first kappa shape index (κ1) is 18.6. The monoisotopic (exact) mass is 409 g/mol. The molecule has 0 saturated carbocycles. The van der Waals surface area contributed by atoms with Gasteiger partial charge in [0, 0.05) is 15.8 Å². The van der Waals surface area contributed by atoms with Gasteiger partial charge in [-0.05, 0) is 18.6 Å². The smallest absolute Gasteiger partial charge is 0.282 e. The van der Waals surface area contributed by atoms with Gasteiger partial charge in [-0.15, -0.1) is 11.3 Å². The van der Waals surface area contributed by atoms with Crippen molar-refractivity contribution >= 4 is 29.1 Å². The number of benzene rings is 2. The molecule has 1 aliphatic heterocycles. The Kier molecular flexibility index (Phi) is 4.96. The van der Waals surface area contributed by atoms with E-state index in [2.05, 4.69) is 10.5 Å². The lowest BCUT2D eigenvalue weighted by molar-refractivity contribution is -0.385. The summed E-state index contributed by atoms with van der Waals surface area (Å²) in [4.78, 5) is 24.4. The fraction of sp³-hybridized carbons (Fsp3) is 0.100. The number of hydrogen-bond acceptors (Lipinski definition) is 7. The van der Waals surface area contributed by atoms with E-state index in [4.69, 9.17) is 9.47 Å². The van der Waals surface area contributed by atoms with Crippen LogP contribution in [0, 0.1) is 17.0 Å². The summed E-state index contributed by atoms with van der Waals surface area (Å²) in [7, 11) is 0. The van der Waals surface area contributed by atoms with Crippen LogP contribution in [0.1, 0.15) is 20.8 Å². The van der Waals surface area contributed by atoms with E-state index in [0.29, 0.717) is 17.1 Å². The lowest BCUT2D eigenvalue weighted by Crippen LogP contribution is -2.18. The summed E-state index contributed by atoms with van der Waals surface area (Å²) in [6, 6.07) is 12.3. The summed E-state index contributed by atoms with van der Waals surface area (Å²) < 4.78 is 10.4. The van der Waals surface area contributed by atoms with E-state index in [0.717, 1.165) is 16.0 Å². The maximum atomic E-state index is 12.7. The molecule has 1 aromatic heterocycles. The Morgan fingerprint density at radius 2 is 1.97 bits per heavy atom. The molecule has 1 aliphatic rings. The van der Waals surface area contributed by atoms with E-state index in [1.165, 1.54) is 29.7 Å². The minimum atomic E-state index is -0.541. The molecule has 146 valence electrons. The number of thiophene rings is 1. The Morgan fingerprint density at radius 3 is 2.69 bits per heavy atom. The van der Waals surface area contributed by atoms with Crippen molar-refractivity contribution < 1.29 is 19.2 Å². The highest BCUT2D eigenvalue weighted by Gasteiger charge is 2.23. The summed E-state index contributed by atoms with van der Waals surface area (Å²) in [5.41, 5.74) is 4.73. The highest BCUT2D eigenvalue weighted by molar-refractivity contribution is 7.10. The molecule has 1 N–H and O–H groups in total. The second-order valence-electron chi connectivity index (χ2n) is 6.17. The number of carbonyl (C=O) groups is 1. The molecule has 29 heavy (non-hydrogen) atoms. The predicted molar refractivity (Wildman–Crippen MR) is 109 cm³/mol. The minimum Gasteiger partial charge on any atom is -0.454 e. The number of nitro benzene ring substituents is 1. The van der Waals surface area contributed by atoms with Gasteiger partial charge < -0.3 is 9.47 Å². The zero-order valence-electron chi connectivity index (χ0n) is 15.2. The van der Waals surface area contributed by atoms with Gasteiger partial charge in [0.25, 0.3) is 11.6 Å². The molecule has 0 fully saturated rings. The van der Waals surface area contributed by atoms with Crippen molar-refractivity contribution in [2.75, 3.05) is 6.79 Å². The fourth-order valence-corrected chi connectivity index (χ4v) is 3.88. The third kappa shape index (κ3) is 3.67. The average molecular weight is 409 g/mol. The van der Waals surface area contributed by atoms with Crippen LogP contribution in [0.3, 0.4) is 0 Å². The van der Waals surface area contributed by atoms with E-state index >= 15 is 0 Å². The van der Waals surface area contributed by atoms with Gasteiger partial charge in [0.2, 0.25) is 6.79 Å². The largest absolute Gasteiger partial charge is 0.454 e. The van der Waals surface area contributed by atoms with Crippen molar-refractivity contribution in [1.29, 1.82) is 0 Å². The topological polar surface area (TPSA) is 103 Å². The molecule has 0 spiro atoms. The Morgan fingerprint density at radius 1 is 1.24 bits per heavy atom. The quantitative estimate of drug-likeness (QED) is 0.388. The summed E-state index contributed by atoms with van der Waals surface area (Å²) in [5, 5.41) is 17.0. The maximum absolute atomic E-state index is 12.7. The van der Waals surface area contributed by atoms with E-state index in [-0.39, 0.29) is 18.0 Å². The predicted octanol–water partition coefficient (Wildman–Crippen LogP) is 4.12. The number of nitrogens with one attached hydrogen (secondary N) is 1. The van der Waals surface area contributed by atoms with Crippen LogP contribution in [0.2, 0.25) is 0 Å². The molecular weight excluding hydrogens is 394 g/mol.